The molecular weight excluding hydrogens is 294 g/mol. The molecule has 0 saturated heterocycles. The van der Waals surface area contributed by atoms with Gasteiger partial charge in [-0.05, 0) is 47.0 Å². The van der Waals surface area contributed by atoms with Crippen LogP contribution in [0.15, 0.2) is 96.0 Å². The highest BCUT2D eigenvalue weighted by molar-refractivity contribution is 5.92. The van der Waals surface area contributed by atoms with E-state index in [-0.39, 0.29) is 0 Å². The largest absolute Gasteiger partial charge is 0.497 e. The van der Waals surface area contributed by atoms with Crippen LogP contribution < -0.4 is 4.74 Å². The first-order valence-corrected chi connectivity index (χ1v) is 7.86. The summed E-state index contributed by atoms with van der Waals surface area (Å²) in [7, 11) is 1.66. The quantitative estimate of drug-likeness (QED) is 0.568. The molecular formula is C22H19NO. The molecule has 2 nitrogen and oxygen atoms in total. The molecule has 0 heterocycles. The van der Waals surface area contributed by atoms with Gasteiger partial charge in [0.1, 0.15) is 5.75 Å². The number of hydrogen-bond donors (Lipinski definition) is 0. The molecule has 0 bridgehead atoms. The van der Waals surface area contributed by atoms with Crippen molar-refractivity contribution in [3.63, 3.8) is 0 Å². The van der Waals surface area contributed by atoms with Crippen molar-refractivity contribution >= 4 is 17.5 Å². The first-order chi connectivity index (χ1) is 11.9. The van der Waals surface area contributed by atoms with E-state index in [0.717, 1.165) is 17.0 Å². The van der Waals surface area contributed by atoms with E-state index in [2.05, 4.69) is 35.3 Å². The zero-order valence-corrected chi connectivity index (χ0v) is 13.6. The van der Waals surface area contributed by atoms with E-state index < -0.39 is 0 Å². The maximum Gasteiger partial charge on any atom is 0.119 e. The molecule has 24 heavy (non-hydrogen) atoms. The van der Waals surface area contributed by atoms with Gasteiger partial charge in [0.2, 0.25) is 0 Å². The third kappa shape index (κ3) is 3.99. The molecule has 0 unspecified atom stereocenters. The number of methoxy groups -OCH3 is 1. The number of rotatable bonds is 5. The lowest BCUT2D eigenvalue weighted by molar-refractivity contribution is 0.415. The summed E-state index contributed by atoms with van der Waals surface area (Å²) in [6.07, 6.45) is 3.89. The smallest absolute Gasteiger partial charge is 0.119 e. The summed E-state index contributed by atoms with van der Waals surface area (Å²) in [5, 5.41) is 0. The van der Waals surface area contributed by atoms with Gasteiger partial charge in [0.25, 0.3) is 0 Å². The van der Waals surface area contributed by atoms with Gasteiger partial charge >= 0.3 is 0 Å². The molecule has 3 aromatic rings. The molecule has 0 fully saturated rings. The summed E-state index contributed by atoms with van der Waals surface area (Å²) in [5.74, 6) is 0.832. The number of nitrogens with zero attached hydrogens (tertiary/aromatic N) is 1. The fourth-order valence-corrected chi connectivity index (χ4v) is 2.46. The van der Waals surface area contributed by atoms with Crippen molar-refractivity contribution < 1.29 is 4.74 Å². The van der Waals surface area contributed by atoms with Crippen molar-refractivity contribution in [2.75, 3.05) is 7.11 Å². The molecule has 118 valence electrons. The Morgan fingerprint density at radius 3 is 1.79 bits per heavy atom. The van der Waals surface area contributed by atoms with Gasteiger partial charge in [-0.15, -0.1) is 0 Å². The maximum absolute atomic E-state index is 5.16. The summed E-state index contributed by atoms with van der Waals surface area (Å²) in [4.78, 5) is 4.52. The monoisotopic (exact) mass is 313 g/mol. The van der Waals surface area contributed by atoms with Gasteiger partial charge in [-0.1, -0.05) is 60.7 Å². The van der Waals surface area contributed by atoms with Gasteiger partial charge in [-0.25, -0.2) is 0 Å². The molecule has 0 atom stereocenters. The lowest BCUT2D eigenvalue weighted by atomic mass is 9.98. The van der Waals surface area contributed by atoms with Crippen LogP contribution in [0.1, 0.15) is 11.1 Å². The molecule has 0 radical (unpaired) electrons. The van der Waals surface area contributed by atoms with Crippen LogP contribution in [0.4, 0.5) is 5.69 Å². The minimum Gasteiger partial charge on any atom is -0.497 e. The van der Waals surface area contributed by atoms with Gasteiger partial charge < -0.3 is 4.74 Å². The van der Waals surface area contributed by atoms with E-state index in [4.69, 9.17) is 4.74 Å². The Labute approximate surface area is 142 Å². The number of ether oxygens (including phenoxy) is 1. The van der Waals surface area contributed by atoms with Crippen LogP contribution >= 0.6 is 0 Å². The zero-order chi connectivity index (χ0) is 16.6. The average Bonchev–Trinajstić information content (AvgIpc) is 2.67. The SMILES string of the molecule is COc1ccc(N=CC=C(c2ccccc2)c2ccccc2)cc1. The van der Waals surface area contributed by atoms with Crippen LogP contribution in [-0.2, 0) is 0 Å². The molecule has 0 aliphatic heterocycles. The third-order valence-corrected chi connectivity index (χ3v) is 3.71. The van der Waals surface area contributed by atoms with Crippen LogP contribution in [0.5, 0.6) is 5.75 Å². The number of allylic oxidation sites excluding steroid dienone is 1. The van der Waals surface area contributed by atoms with Gasteiger partial charge in [0.05, 0.1) is 12.8 Å². The highest BCUT2D eigenvalue weighted by atomic mass is 16.5. The van der Waals surface area contributed by atoms with E-state index in [0.29, 0.717) is 0 Å². The Morgan fingerprint density at radius 2 is 1.29 bits per heavy atom. The van der Waals surface area contributed by atoms with Crippen molar-refractivity contribution in [3.8, 4) is 5.75 Å². The molecule has 0 spiro atoms. The zero-order valence-electron chi connectivity index (χ0n) is 13.6. The van der Waals surface area contributed by atoms with Gasteiger partial charge in [0.15, 0.2) is 0 Å². The van der Waals surface area contributed by atoms with Crippen molar-refractivity contribution in [2.45, 2.75) is 0 Å². The molecule has 0 amide bonds. The van der Waals surface area contributed by atoms with Crippen molar-refractivity contribution in [3.05, 3.63) is 102 Å². The minimum atomic E-state index is 0.832. The normalized spacial score (nSPS) is 10.5. The van der Waals surface area contributed by atoms with Gasteiger partial charge in [0, 0.05) is 6.21 Å². The Kier molecular flexibility index (Phi) is 5.21. The summed E-state index contributed by atoms with van der Waals surface area (Å²) >= 11 is 0. The first kappa shape index (κ1) is 15.8. The second-order valence-electron chi connectivity index (χ2n) is 5.29. The van der Waals surface area contributed by atoms with E-state index in [9.17, 15) is 0 Å². The van der Waals surface area contributed by atoms with Gasteiger partial charge in [-0.3, -0.25) is 4.99 Å². The number of benzene rings is 3. The van der Waals surface area contributed by atoms with Crippen LogP contribution in [0.2, 0.25) is 0 Å². The predicted octanol–water partition coefficient (Wildman–Crippen LogP) is 5.53. The van der Waals surface area contributed by atoms with Crippen molar-refractivity contribution in [1.82, 2.24) is 0 Å². The van der Waals surface area contributed by atoms with Crippen LogP contribution in [0, 0.1) is 0 Å². The van der Waals surface area contributed by atoms with Crippen LogP contribution in [0.3, 0.4) is 0 Å². The fraction of sp³-hybridized carbons (Fsp3) is 0.0455. The number of aliphatic imine (C=N–C) groups is 1. The van der Waals surface area contributed by atoms with Crippen LogP contribution in [0.25, 0.3) is 5.57 Å². The Hall–Kier alpha value is -3.13. The highest BCUT2D eigenvalue weighted by Crippen LogP contribution is 2.23. The van der Waals surface area contributed by atoms with Gasteiger partial charge in [-0.2, -0.15) is 0 Å². The van der Waals surface area contributed by atoms with E-state index in [1.54, 1.807) is 7.11 Å². The molecule has 0 aromatic heterocycles. The predicted molar refractivity (Wildman–Crippen MR) is 101 cm³/mol. The molecule has 0 aliphatic carbocycles. The summed E-state index contributed by atoms with van der Waals surface area (Å²) in [5.41, 5.74) is 4.38. The standard InChI is InChI=1S/C22H19NO/c1-24-21-14-12-20(13-15-21)23-17-16-22(18-8-4-2-5-9-18)19-10-6-3-7-11-19/h2-17H,1H3. The molecule has 3 rings (SSSR count). The average molecular weight is 313 g/mol. The molecule has 0 N–H and O–H groups in total. The molecule has 0 saturated carbocycles. The summed E-state index contributed by atoms with van der Waals surface area (Å²) < 4.78 is 5.16. The second-order valence-corrected chi connectivity index (χ2v) is 5.29. The number of hydrogen-bond acceptors (Lipinski definition) is 2. The maximum atomic E-state index is 5.16. The Morgan fingerprint density at radius 1 is 0.750 bits per heavy atom. The Balaban J connectivity index is 1.90. The van der Waals surface area contributed by atoms with E-state index in [1.807, 2.05) is 66.9 Å². The van der Waals surface area contributed by atoms with E-state index in [1.165, 1.54) is 11.1 Å². The second kappa shape index (κ2) is 7.93. The lowest BCUT2D eigenvalue weighted by Gasteiger charge is -2.07. The molecule has 0 aliphatic rings. The summed E-state index contributed by atoms with van der Waals surface area (Å²) in [6, 6.07) is 28.4. The van der Waals surface area contributed by atoms with E-state index >= 15 is 0 Å². The highest BCUT2D eigenvalue weighted by Gasteiger charge is 2.02. The molecule has 2 heteroatoms. The third-order valence-electron chi connectivity index (χ3n) is 3.71. The lowest BCUT2D eigenvalue weighted by Crippen LogP contribution is -1.88. The minimum absolute atomic E-state index is 0.832. The van der Waals surface area contributed by atoms with Crippen LogP contribution in [-0.4, -0.2) is 13.3 Å². The summed E-state index contributed by atoms with van der Waals surface area (Å²) in [6.45, 7) is 0. The fourth-order valence-electron chi connectivity index (χ4n) is 2.46. The van der Waals surface area contributed by atoms with Crippen molar-refractivity contribution in [2.24, 2.45) is 4.99 Å². The Bertz CT molecular complexity index is 777. The molecule has 3 aromatic carbocycles. The van der Waals surface area contributed by atoms with Crippen molar-refractivity contribution in [1.29, 1.82) is 0 Å². The first-order valence-electron chi connectivity index (χ1n) is 7.86. The topological polar surface area (TPSA) is 21.6 Å².